The summed E-state index contributed by atoms with van der Waals surface area (Å²) in [6, 6.07) is 12.1. The van der Waals surface area contributed by atoms with Crippen LogP contribution in [0.5, 0.6) is 0 Å². The average Bonchev–Trinajstić information content (AvgIpc) is 2.37. The first-order valence-corrected chi connectivity index (χ1v) is 5.90. The summed E-state index contributed by atoms with van der Waals surface area (Å²) in [5.41, 5.74) is 3.16. The summed E-state index contributed by atoms with van der Waals surface area (Å²) in [5.74, 6) is 6.28. The number of aromatic nitrogens is 1. The smallest absolute Gasteiger partial charge is 0.0435 e. The highest BCUT2D eigenvalue weighted by atomic mass is 35.5. The zero-order valence-corrected chi connectivity index (χ0v) is 11.9. The van der Waals surface area contributed by atoms with E-state index >= 15 is 0 Å². The van der Waals surface area contributed by atoms with Crippen LogP contribution >= 0.6 is 12.4 Å². The molecule has 2 aromatic rings. The van der Waals surface area contributed by atoms with Gasteiger partial charge in [0.1, 0.15) is 0 Å². The number of rotatable bonds is 2. The van der Waals surface area contributed by atoms with E-state index in [9.17, 15) is 0 Å². The minimum atomic E-state index is 0. The second kappa shape index (κ2) is 7.58. The van der Waals surface area contributed by atoms with Gasteiger partial charge >= 0.3 is 0 Å². The van der Waals surface area contributed by atoms with Crippen molar-refractivity contribution in [1.29, 1.82) is 0 Å². The zero-order valence-electron chi connectivity index (χ0n) is 11.1. The molecule has 0 fully saturated rings. The highest BCUT2D eigenvalue weighted by Crippen LogP contribution is 2.04. The average molecular weight is 273 g/mol. The molecule has 0 radical (unpaired) electrons. The predicted octanol–water partition coefficient (Wildman–Crippen LogP) is 2.96. The quantitative estimate of drug-likeness (QED) is 0.782. The van der Waals surface area contributed by atoms with E-state index in [1.807, 2.05) is 50.6 Å². The van der Waals surface area contributed by atoms with Crippen molar-refractivity contribution in [2.45, 2.75) is 6.54 Å². The summed E-state index contributed by atoms with van der Waals surface area (Å²) in [4.78, 5) is 6.34. The Hall–Kier alpha value is -1.82. The molecular weight excluding hydrogens is 256 g/mol. The molecule has 0 N–H and O–H groups in total. The molecule has 0 aliphatic rings. The first-order chi connectivity index (χ1) is 8.74. The summed E-state index contributed by atoms with van der Waals surface area (Å²) < 4.78 is 0. The normalized spacial score (nSPS) is 9.42. The Balaban J connectivity index is 0.00000180. The van der Waals surface area contributed by atoms with E-state index in [1.165, 1.54) is 5.56 Å². The Kier molecular flexibility index (Phi) is 6.08. The third-order valence-corrected chi connectivity index (χ3v) is 2.42. The minimum absolute atomic E-state index is 0. The molecule has 0 spiro atoms. The van der Waals surface area contributed by atoms with E-state index in [1.54, 1.807) is 6.20 Å². The van der Waals surface area contributed by atoms with Crippen LogP contribution in [-0.4, -0.2) is 24.0 Å². The van der Waals surface area contributed by atoms with E-state index in [2.05, 4.69) is 27.8 Å². The lowest BCUT2D eigenvalue weighted by Gasteiger charge is -2.08. The molecule has 19 heavy (non-hydrogen) atoms. The van der Waals surface area contributed by atoms with Gasteiger partial charge < -0.3 is 4.90 Å². The lowest BCUT2D eigenvalue weighted by Crippen LogP contribution is -2.10. The van der Waals surface area contributed by atoms with Gasteiger partial charge in [-0.05, 0) is 37.9 Å². The molecule has 0 amide bonds. The molecule has 0 unspecified atom stereocenters. The van der Waals surface area contributed by atoms with Crippen LogP contribution in [0.4, 0.5) is 0 Å². The molecule has 0 aliphatic heterocycles. The highest BCUT2D eigenvalue weighted by Gasteiger charge is 1.96. The van der Waals surface area contributed by atoms with E-state index in [-0.39, 0.29) is 12.4 Å². The maximum atomic E-state index is 4.22. The van der Waals surface area contributed by atoms with Crippen LogP contribution in [0.25, 0.3) is 0 Å². The highest BCUT2D eigenvalue weighted by molar-refractivity contribution is 5.85. The molecule has 0 saturated heterocycles. The lowest BCUT2D eigenvalue weighted by molar-refractivity contribution is 0.402. The van der Waals surface area contributed by atoms with Crippen LogP contribution in [0.2, 0.25) is 0 Å². The van der Waals surface area contributed by atoms with Crippen LogP contribution < -0.4 is 0 Å². The molecule has 0 aliphatic carbocycles. The first-order valence-electron chi connectivity index (χ1n) is 5.90. The van der Waals surface area contributed by atoms with Crippen LogP contribution in [0.1, 0.15) is 16.7 Å². The van der Waals surface area contributed by atoms with Gasteiger partial charge in [0.05, 0.1) is 0 Å². The maximum Gasteiger partial charge on any atom is 0.0435 e. The Morgan fingerprint density at radius 2 is 1.68 bits per heavy atom. The van der Waals surface area contributed by atoms with Crippen LogP contribution in [0.15, 0.2) is 48.8 Å². The van der Waals surface area contributed by atoms with Gasteiger partial charge in [-0.3, -0.25) is 4.98 Å². The zero-order chi connectivity index (χ0) is 12.8. The summed E-state index contributed by atoms with van der Waals surface area (Å²) in [7, 11) is 4.09. The molecule has 0 saturated carbocycles. The molecule has 98 valence electrons. The van der Waals surface area contributed by atoms with Crippen molar-refractivity contribution in [2.24, 2.45) is 0 Å². The standard InChI is InChI=1S/C16H16N2.ClH/c1-18(2)13-16-10-15(11-17-12-16)9-8-14-6-4-3-5-7-14;/h3-7,10-12H,13H2,1-2H3;1H. The summed E-state index contributed by atoms with van der Waals surface area (Å²) in [6.45, 7) is 0.883. The van der Waals surface area contributed by atoms with Gasteiger partial charge in [-0.2, -0.15) is 0 Å². The van der Waals surface area contributed by atoms with Crippen molar-refractivity contribution in [3.63, 3.8) is 0 Å². The van der Waals surface area contributed by atoms with E-state index in [0.29, 0.717) is 0 Å². The SMILES string of the molecule is CN(C)Cc1cncc(C#Cc2ccccc2)c1.Cl. The number of benzene rings is 1. The molecule has 3 heteroatoms. The predicted molar refractivity (Wildman–Crippen MR) is 81.3 cm³/mol. The Labute approximate surface area is 120 Å². The molecule has 1 heterocycles. The van der Waals surface area contributed by atoms with Gasteiger partial charge in [0.15, 0.2) is 0 Å². The fraction of sp³-hybridized carbons (Fsp3) is 0.188. The molecule has 2 rings (SSSR count). The van der Waals surface area contributed by atoms with E-state index in [0.717, 1.165) is 17.7 Å². The summed E-state index contributed by atoms with van der Waals surface area (Å²) in [5, 5.41) is 0. The molecule has 1 aromatic carbocycles. The summed E-state index contributed by atoms with van der Waals surface area (Å²) in [6.07, 6.45) is 3.68. The Morgan fingerprint density at radius 3 is 2.37 bits per heavy atom. The molecular formula is C16H17ClN2. The third kappa shape index (κ3) is 5.13. The summed E-state index contributed by atoms with van der Waals surface area (Å²) >= 11 is 0. The van der Waals surface area contributed by atoms with E-state index < -0.39 is 0 Å². The molecule has 2 nitrogen and oxygen atoms in total. The minimum Gasteiger partial charge on any atom is -0.305 e. The van der Waals surface area contributed by atoms with Gasteiger partial charge in [0, 0.05) is 30.1 Å². The second-order valence-corrected chi connectivity index (χ2v) is 4.44. The van der Waals surface area contributed by atoms with Crippen LogP contribution in [0, 0.1) is 11.8 Å². The van der Waals surface area contributed by atoms with Gasteiger partial charge in [0.25, 0.3) is 0 Å². The lowest BCUT2D eigenvalue weighted by atomic mass is 10.2. The fourth-order valence-corrected chi connectivity index (χ4v) is 1.67. The van der Waals surface area contributed by atoms with Gasteiger partial charge in [-0.25, -0.2) is 0 Å². The van der Waals surface area contributed by atoms with Crippen LogP contribution in [0.3, 0.4) is 0 Å². The van der Waals surface area contributed by atoms with E-state index in [4.69, 9.17) is 0 Å². The monoisotopic (exact) mass is 272 g/mol. The Morgan fingerprint density at radius 1 is 1.00 bits per heavy atom. The van der Waals surface area contributed by atoms with Crippen molar-refractivity contribution < 1.29 is 0 Å². The molecule has 1 aromatic heterocycles. The number of pyridine rings is 1. The van der Waals surface area contributed by atoms with Crippen molar-refractivity contribution in [3.8, 4) is 11.8 Å². The van der Waals surface area contributed by atoms with Gasteiger partial charge in [-0.1, -0.05) is 30.0 Å². The molecule has 0 atom stereocenters. The van der Waals surface area contributed by atoms with Crippen molar-refractivity contribution in [1.82, 2.24) is 9.88 Å². The number of halogens is 1. The first kappa shape index (κ1) is 15.2. The largest absolute Gasteiger partial charge is 0.305 e. The fourth-order valence-electron chi connectivity index (χ4n) is 1.67. The van der Waals surface area contributed by atoms with Crippen molar-refractivity contribution in [3.05, 3.63) is 65.5 Å². The van der Waals surface area contributed by atoms with Crippen molar-refractivity contribution >= 4 is 12.4 Å². The number of nitrogens with zero attached hydrogens (tertiary/aromatic N) is 2. The molecule has 0 bridgehead atoms. The number of hydrogen-bond acceptors (Lipinski definition) is 2. The van der Waals surface area contributed by atoms with Gasteiger partial charge in [-0.15, -0.1) is 12.4 Å². The van der Waals surface area contributed by atoms with Gasteiger partial charge in [0.2, 0.25) is 0 Å². The second-order valence-electron chi connectivity index (χ2n) is 4.44. The number of hydrogen-bond donors (Lipinski definition) is 0. The Bertz CT molecular complexity index is 568. The maximum absolute atomic E-state index is 4.22. The topological polar surface area (TPSA) is 16.1 Å². The van der Waals surface area contributed by atoms with Crippen LogP contribution in [-0.2, 0) is 6.54 Å². The van der Waals surface area contributed by atoms with Crippen molar-refractivity contribution in [2.75, 3.05) is 14.1 Å². The third-order valence-electron chi connectivity index (χ3n) is 2.42.